The van der Waals surface area contributed by atoms with Crippen molar-refractivity contribution in [2.24, 2.45) is 0 Å². The van der Waals surface area contributed by atoms with Gasteiger partial charge in [0.2, 0.25) is 0 Å². The number of benzene rings is 1. The third-order valence-electron chi connectivity index (χ3n) is 3.60. The van der Waals surface area contributed by atoms with Gasteiger partial charge in [0.15, 0.2) is 11.5 Å². The second-order valence-electron chi connectivity index (χ2n) is 4.92. The fourth-order valence-electron chi connectivity index (χ4n) is 2.24. The first-order valence-corrected chi connectivity index (χ1v) is 9.61. The van der Waals surface area contributed by atoms with E-state index in [0.717, 1.165) is 0 Å². The van der Waals surface area contributed by atoms with E-state index in [2.05, 4.69) is 0 Å². The van der Waals surface area contributed by atoms with E-state index in [-0.39, 0.29) is 18.9 Å². The Balaban J connectivity index is 2.85. The average Bonchev–Trinajstić information content (AvgIpc) is 2.63. The lowest BCUT2D eigenvalue weighted by Crippen LogP contribution is -2.43. The van der Waals surface area contributed by atoms with Gasteiger partial charge in [0.25, 0.3) is 5.69 Å². The third-order valence-corrected chi connectivity index (χ3v) is 6.29. The summed E-state index contributed by atoms with van der Waals surface area (Å²) < 4.78 is 32.1. The van der Waals surface area contributed by atoms with Crippen LogP contribution in [-0.2, 0) is 24.6 Å². The summed E-state index contributed by atoms with van der Waals surface area (Å²) in [7, 11) is 3.29. The molecular formula is C15H25NO8Si. The standard InChI is InChI=1S/C15H25NO8Si/c1-6-24-15-10-13(16(17)18)12(9-14(15)19-2)11-23-7-8-25(20-3,21-4)22-5/h9-10H,6-8,11H2,1-5H3. The second-order valence-corrected chi connectivity index (χ2v) is 8.01. The molecule has 0 saturated carbocycles. The summed E-state index contributed by atoms with van der Waals surface area (Å²) >= 11 is 0. The van der Waals surface area contributed by atoms with Crippen molar-refractivity contribution >= 4 is 14.5 Å². The van der Waals surface area contributed by atoms with Crippen LogP contribution in [0.2, 0.25) is 6.04 Å². The van der Waals surface area contributed by atoms with Crippen molar-refractivity contribution < 1.29 is 32.4 Å². The molecule has 0 N–H and O–H groups in total. The van der Waals surface area contributed by atoms with Crippen LogP contribution in [0.1, 0.15) is 12.5 Å². The predicted octanol–water partition coefficient (Wildman–Crippen LogP) is 2.40. The molecule has 1 aromatic rings. The number of nitro benzene ring substituents is 1. The minimum Gasteiger partial charge on any atom is -0.493 e. The number of nitro groups is 1. The molecule has 0 heterocycles. The summed E-state index contributed by atoms with van der Waals surface area (Å²) in [6, 6.07) is 3.33. The van der Waals surface area contributed by atoms with Gasteiger partial charge in [-0.05, 0) is 13.0 Å². The molecule has 25 heavy (non-hydrogen) atoms. The molecule has 0 radical (unpaired) electrons. The highest BCUT2D eigenvalue weighted by atomic mass is 28.4. The first kappa shape index (κ1) is 21.3. The second kappa shape index (κ2) is 10.3. The van der Waals surface area contributed by atoms with Crippen molar-refractivity contribution in [3.63, 3.8) is 0 Å². The largest absolute Gasteiger partial charge is 0.502 e. The molecule has 0 aliphatic carbocycles. The van der Waals surface area contributed by atoms with Crippen LogP contribution < -0.4 is 9.47 Å². The molecule has 0 fully saturated rings. The smallest absolute Gasteiger partial charge is 0.493 e. The lowest BCUT2D eigenvalue weighted by Gasteiger charge is -2.24. The fourth-order valence-corrected chi connectivity index (χ4v) is 3.75. The zero-order valence-electron chi connectivity index (χ0n) is 15.2. The zero-order valence-corrected chi connectivity index (χ0v) is 16.2. The van der Waals surface area contributed by atoms with Gasteiger partial charge in [0, 0.05) is 27.4 Å². The fraction of sp³-hybridized carbons (Fsp3) is 0.600. The molecular weight excluding hydrogens is 350 g/mol. The number of hydrogen-bond donors (Lipinski definition) is 0. The molecule has 0 amide bonds. The maximum Gasteiger partial charge on any atom is 0.502 e. The molecule has 1 rings (SSSR count). The Morgan fingerprint density at radius 3 is 2.20 bits per heavy atom. The molecule has 10 heteroatoms. The molecule has 9 nitrogen and oxygen atoms in total. The van der Waals surface area contributed by atoms with Gasteiger partial charge < -0.3 is 27.5 Å². The maximum absolute atomic E-state index is 11.3. The SMILES string of the molecule is CCOc1cc([N+](=O)[O-])c(COCC[Si](OC)(OC)OC)cc1OC. The van der Waals surface area contributed by atoms with E-state index in [9.17, 15) is 10.1 Å². The lowest BCUT2D eigenvalue weighted by atomic mass is 10.1. The van der Waals surface area contributed by atoms with Crippen molar-refractivity contribution in [1.82, 2.24) is 0 Å². The van der Waals surface area contributed by atoms with E-state index in [1.54, 1.807) is 13.0 Å². The third kappa shape index (κ3) is 5.65. The highest BCUT2D eigenvalue weighted by Gasteiger charge is 2.37. The Bertz CT molecular complexity index is 556. The molecule has 0 spiro atoms. The van der Waals surface area contributed by atoms with Gasteiger partial charge in [0.1, 0.15) is 0 Å². The first-order chi connectivity index (χ1) is 12.0. The van der Waals surface area contributed by atoms with E-state index in [1.165, 1.54) is 34.5 Å². The molecule has 0 aliphatic heterocycles. The molecule has 0 saturated heterocycles. The molecule has 1 aromatic carbocycles. The van der Waals surface area contributed by atoms with E-state index in [0.29, 0.717) is 29.7 Å². The summed E-state index contributed by atoms with van der Waals surface area (Å²) in [6.45, 7) is 2.48. The monoisotopic (exact) mass is 375 g/mol. The number of rotatable bonds is 12. The predicted molar refractivity (Wildman–Crippen MR) is 92.1 cm³/mol. The van der Waals surface area contributed by atoms with Crippen molar-refractivity contribution in [2.75, 3.05) is 41.7 Å². The highest BCUT2D eigenvalue weighted by molar-refractivity contribution is 6.60. The van der Waals surface area contributed by atoms with Gasteiger partial charge in [-0.3, -0.25) is 10.1 Å². The Hall–Kier alpha value is -1.72. The van der Waals surface area contributed by atoms with Crippen LogP contribution in [0.25, 0.3) is 0 Å². The van der Waals surface area contributed by atoms with Crippen molar-refractivity contribution in [3.8, 4) is 11.5 Å². The normalized spacial score (nSPS) is 11.4. The van der Waals surface area contributed by atoms with Crippen LogP contribution in [0.15, 0.2) is 12.1 Å². The van der Waals surface area contributed by atoms with Crippen molar-refractivity contribution in [3.05, 3.63) is 27.8 Å². The summed E-state index contributed by atoms with van der Waals surface area (Å²) in [4.78, 5) is 10.8. The summed E-state index contributed by atoms with van der Waals surface area (Å²) in [6.07, 6.45) is 0. The van der Waals surface area contributed by atoms with E-state index in [4.69, 9.17) is 27.5 Å². The lowest BCUT2D eigenvalue weighted by molar-refractivity contribution is -0.386. The molecule has 0 aromatic heterocycles. The van der Waals surface area contributed by atoms with Crippen LogP contribution in [0, 0.1) is 10.1 Å². The Kier molecular flexibility index (Phi) is 8.79. The topological polar surface area (TPSA) is 98.5 Å². The average molecular weight is 375 g/mol. The minimum atomic E-state index is -2.73. The first-order valence-electron chi connectivity index (χ1n) is 7.68. The van der Waals surface area contributed by atoms with Gasteiger partial charge in [-0.25, -0.2) is 0 Å². The maximum atomic E-state index is 11.3. The van der Waals surface area contributed by atoms with Gasteiger partial charge in [0.05, 0.1) is 43.5 Å². The Labute approximate surface area is 148 Å². The summed E-state index contributed by atoms with van der Waals surface area (Å²) in [5.74, 6) is 0.741. The Morgan fingerprint density at radius 1 is 1.08 bits per heavy atom. The molecule has 142 valence electrons. The van der Waals surface area contributed by atoms with Gasteiger partial charge in [-0.15, -0.1) is 0 Å². The van der Waals surface area contributed by atoms with E-state index < -0.39 is 13.7 Å². The minimum absolute atomic E-state index is 0.0424. The quantitative estimate of drug-likeness (QED) is 0.238. The summed E-state index contributed by atoms with van der Waals surface area (Å²) in [5.41, 5.74) is 0.308. The van der Waals surface area contributed by atoms with Crippen molar-refractivity contribution in [2.45, 2.75) is 19.6 Å². The van der Waals surface area contributed by atoms with Crippen LogP contribution in [0.5, 0.6) is 11.5 Å². The highest BCUT2D eigenvalue weighted by Crippen LogP contribution is 2.35. The van der Waals surface area contributed by atoms with Crippen LogP contribution >= 0.6 is 0 Å². The van der Waals surface area contributed by atoms with Gasteiger partial charge in [-0.1, -0.05) is 0 Å². The molecule has 0 bridgehead atoms. The number of nitrogens with zero attached hydrogens (tertiary/aromatic N) is 1. The van der Waals surface area contributed by atoms with Gasteiger partial charge in [-0.2, -0.15) is 0 Å². The van der Waals surface area contributed by atoms with Crippen LogP contribution in [0.3, 0.4) is 0 Å². The number of methoxy groups -OCH3 is 1. The number of hydrogen-bond acceptors (Lipinski definition) is 8. The molecule has 0 atom stereocenters. The van der Waals surface area contributed by atoms with Crippen molar-refractivity contribution in [1.29, 1.82) is 0 Å². The number of ether oxygens (including phenoxy) is 3. The molecule has 0 unspecified atom stereocenters. The Morgan fingerprint density at radius 2 is 1.72 bits per heavy atom. The van der Waals surface area contributed by atoms with Crippen LogP contribution in [0.4, 0.5) is 5.69 Å². The van der Waals surface area contributed by atoms with Gasteiger partial charge >= 0.3 is 8.80 Å². The molecule has 0 aliphatic rings. The van der Waals surface area contributed by atoms with E-state index >= 15 is 0 Å². The van der Waals surface area contributed by atoms with Crippen LogP contribution in [-0.4, -0.2) is 55.4 Å². The zero-order chi connectivity index (χ0) is 18.9. The summed E-state index contributed by atoms with van der Waals surface area (Å²) in [5, 5.41) is 11.3. The van der Waals surface area contributed by atoms with E-state index in [1.807, 2.05) is 0 Å².